The Morgan fingerprint density at radius 1 is 0.923 bits per heavy atom. The molecule has 3 aromatic carbocycles. The zero-order valence-corrected chi connectivity index (χ0v) is 22.4. The van der Waals surface area contributed by atoms with Crippen LogP contribution in [0.15, 0.2) is 66.7 Å². The van der Waals surface area contributed by atoms with Crippen LogP contribution in [0.3, 0.4) is 0 Å². The minimum Gasteiger partial charge on any atom is -0.367 e. The fraction of sp³-hybridized carbons (Fsp3) is 0.355. The highest BCUT2D eigenvalue weighted by Gasteiger charge is 2.31. The number of tetrazole rings is 1. The predicted octanol–water partition coefficient (Wildman–Crippen LogP) is 7.04. The predicted molar refractivity (Wildman–Crippen MR) is 156 cm³/mol. The number of hydrogen-bond acceptors (Lipinski definition) is 5. The Labute approximate surface area is 229 Å². The molecule has 0 saturated heterocycles. The quantitative estimate of drug-likeness (QED) is 0.231. The fourth-order valence-corrected chi connectivity index (χ4v) is 5.61. The fourth-order valence-electron chi connectivity index (χ4n) is 5.61. The number of carbonyl (C=O) groups is 1. The summed E-state index contributed by atoms with van der Waals surface area (Å²) in [6, 6.07) is 22.6. The number of benzene rings is 3. The molecule has 0 spiro atoms. The Morgan fingerprint density at radius 3 is 2.41 bits per heavy atom. The van der Waals surface area contributed by atoms with Crippen molar-refractivity contribution < 1.29 is 4.79 Å². The van der Waals surface area contributed by atoms with E-state index < -0.39 is 0 Å². The van der Waals surface area contributed by atoms with Crippen molar-refractivity contribution in [2.24, 2.45) is 5.92 Å². The molecule has 200 valence electrons. The van der Waals surface area contributed by atoms with Crippen LogP contribution in [0.25, 0.3) is 22.5 Å². The smallest absolute Gasteiger partial charge is 0.323 e. The number of aromatic amines is 1. The second-order valence-electron chi connectivity index (χ2n) is 10.9. The number of amides is 2. The van der Waals surface area contributed by atoms with E-state index in [-0.39, 0.29) is 6.03 Å². The summed E-state index contributed by atoms with van der Waals surface area (Å²) < 4.78 is 0. The van der Waals surface area contributed by atoms with Crippen LogP contribution in [0.5, 0.6) is 0 Å². The summed E-state index contributed by atoms with van der Waals surface area (Å²) in [5.74, 6) is 1.35. The number of rotatable bonds is 8. The molecule has 0 bridgehead atoms. The highest BCUT2D eigenvalue weighted by molar-refractivity contribution is 6.02. The largest absolute Gasteiger partial charge is 0.367 e. The van der Waals surface area contributed by atoms with Crippen molar-refractivity contribution in [2.45, 2.75) is 57.9 Å². The van der Waals surface area contributed by atoms with Gasteiger partial charge in [-0.25, -0.2) is 9.89 Å². The lowest BCUT2D eigenvalue weighted by atomic mass is 9.92. The van der Waals surface area contributed by atoms with Gasteiger partial charge in [-0.1, -0.05) is 67.3 Å². The van der Waals surface area contributed by atoms with Gasteiger partial charge in [0.1, 0.15) is 0 Å². The molecule has 3 N–H and O–H groups in total. The molecule has 2 fully saturated rings. The van der Waals surface area contributed by atoms with E-state index in [0.717, 1.165) is 51.8 Å². The third-order valence-electron chi connectivity index (χ3n) is 7.87. The number of carbonyl (C=O) groups excluding carboxylic acids is 1. The molecule has 39 heavy (non-hydrogen) atoms. The van der Waals surface area contributed by atoms with Gasteiger partial charge >= 0.3 is 6.03 Å². The number of nitrogens with one attached hydrogen (secondary N) is 3. The summed E-state index contributed by atoms with van der Waals surface area (Å²) in [6.07, 6.45) is 8.81. The summed E-state index contributed by atoms with van der Waals surface area (Å²) in [5.41, 5.74) is 6.72. The topological polar surface area (TPSA) is 98.8 Å². The molecule has 0 atom stereocenters. The van der Waals surface area contributed by atoms with Crippen molar-refractivity contribution in [2.75, 3.05) is 22.1 Å². The molecule has 0 radical (unpaired) electrons. The highest BCUT2D eigenvalue weighted by atomic mass is 16.2. The van der Waals surface area contributed by atoms with Crippen molar-refractivity contribution >= 4 is 23.1 Å². The van der Waals surface area contributed by atoms with Crippen molar-refractivity contribution in [3.63, 3.8) is 0 Å². The monoisotopic (exact) mass is 521 g/mol. The van der Waals surface area contributed by atoms with E-state index in [9.17, 15) is 4.79 Å². The molecule has 2 aliphatic rings. The highest BCUT2D eigenvalue weighted by Crippen LogP contribution is 2.40. The Kier molecular flexibility index (Phi) is 7.25. The Balaban J connectivity index is 1.38. The van der Waals surface area contributed by atoms with Gasteiger partial charge in [0.25, 0.3) is 0 Å². The number of anilines is 3. The Bertz CT molecular complexity index is 1410. The van der Waals surface area contributed by atoms with Gasteiger partial charge in [-0.2, -0.15) is 0 Å². The van der Waals surface area contributed by atoms with Crippen LogP contribution < -0.4 is 15.5 Å². The second kappa shape index (κ2) is 11.3. The minimum absolute atomic E-state index is 0.250. The second-order valence-corrected chi connectivity index (χ2v) is 10.9. The van der Waals surface area contributed by atoms with Gasteiger partial charge in [-0.15, -0.1) is 5.10 Å². The third-order valence-corrected chi connectivity index (χ3v) is 7.87. The molecule has 8 heteroatoms. The number of aryl methyl sites for hydroxylation is 1. The molecule has 0 unspecified atom stereocenters. The summed E-state index contributed by atoms with van der Waals surface area (Å²) in [6.45, 7) is 3.08. The van der Waals surface area contributed by atoms with E-state index in [2.05, 4.69) is 60.4 Å². The van der Waals surface area contributed by atoms with E-state index in [1.54, 1.807) is 0 Å². The molecule has 2 saturated carbocycles. The number of urea groups is 1. The molecule has 0 aliphatic heterocycles. The van der Waals surface area contributed by atoms with Gasteiger partial charge in [0, 0.05) is 23.8 Å². The van der Waals surface area contributed by atoms with Crippen LogP contribution in [0.2, 0.25) is 0 Å². The summed E-state index contributed by atoms with van der Waals surface area (Å²) >= 11 is 0. The zero-order valence-electron chi connectivity index (χ0n) is 22.4. The van der Waals surface area contributed by atoms with Crippen LogP contribution in [0, 0.1) is 12.8 Å². The van der Waals surface area contributed by atoms with Crippen LogP contribution in [-0.2, 0) is 0 Å². The summed E-state index contributed by atoms with van der Waals surface area (Å²) in [7, 11) is 0. The summed E-state index contributed by atoms with van der Waals surface area (Å²) in [5, 5.41) is 20.8. The van der Waals surface area contributed by atoms with Crippen molar-refractivity contribution in [3.05, 3.63) is 72.3 Å². The standard InChI is InChI=1S/C31H35N7O/c1-21-11-16-24(17-12-21)32-31(39)33-28-19-23(26-9-5-6-10-27(26)30-34-36-37-35-30)15-18-29(28)38(20-22-13-14-22)25-7-3-2-4-8-25/h5-6,9-12,15-19,22,25H,2-4,7-8,13-14,20H2,1H3,(H2,32,33,39)(H,34,35,36,37). The third kappa shape index (κ3) is 5.95. The summed E-state index contributed by atoms with van der Waals surface area (Å²) in [4.78, 5) is 15.9. The van der Waals surface area contributed by atoms with Crippen molar-refractivity contribution in [1.29, 1.82) is 0 Å². The van der Waals surface area contributed by atoms with Crippen molar-refractivity contribution in [1.82, 2.24) is 20.6 Å². The Hall–Kier alpha value is -4.20. The van der Waals surface area contributed by atoms with Gasteiger partial charge in [0.05, 0.1) is 11.4 Å². The number of nitrogens with zero attached hydrogens (tertiary/aromatic N) is 4. The van der Waals surface area contributed by atoms with Gasteiger partial charge in [0.2, 0.25) is 0 Å². The van der Waals surface area contributed by atoms with E-state index in [4.69, 9.17) is 0 Å². The first-order valence-corrected chi connectivity index (χ1v) is 14.0. The normalized spacial score (nSPS) is 15.6. The van der Waals surface area contributed by atoms with E-state index >= 15 is 0 Å². The van der Waals surface area contributed by atoms with Crippen LogP contribution >= 0.6 is 0 Å². The number of H-pyrrole nitrogens is 1. The van der Waals surface area contributed by atoms with Crippen LogP contribution in [0.4, 0.5) is 21.9 Å². The van der Waals surface area contributed by atoms with Gasteiger partial charge in [-0.3, -0.25) is 0 Å². The molecule has 6 rings (SSSR count). The number of hydrogen-bond donors (Lipinski definition) is 3. The zero-order chi connectivity index (χ0) is 26.6. The van der Waals surface area contributed by atoms with Crippen molar-refractivity contribution in [3.8, 4) is 22.5 Å². The van der Waals surface area contributed by atoms with Gasteiger partial charge in [0.15, 0.2) is 5.82 Å². The molecule has 4 aromatic rings. The average Bonchev–Trinajstić information content (AvgIpc) is 3.62. The first-order chi connectivity index (χ1) is 19.1. The molecule has 2 aliphatic carbocycles. The van der Waals surface area contributed by atoms with Gasteiger partial charge in [-0.05, 0) is 84.3 Å². The minimum atomic E-state index is -0.250. The molecule has 1 heterocycles. The maximum atomic E-state index is 13.3. The lowest BCUT2D eigenvalue weighted by Gasteiger charge is -2.37. The van der Waals surface area contributed by atoms with E-state index in [0.29, 0.717) is 11.9 Å². The van der Waals surface area contributed by atoms with E-state index in [1.807, 2.05) is 49.4 Å². The molecular formula is C31H35N7O. The first kappa shape index (κ1) is 25.1. The van der Waals surface area contributed by atoms with Crippen LogP contribution in [0.1, 0.15) is 50.5 Å². The molecule has 2 amide bonds. The maximum Gasteiger partial charge on any atom is 0.323 e. The molecule has 8 nitrogen and oxygen atoms in total. The lowest BCUT2D eigenvalue weighted by molar-refractivity contribution is 0.262. The number of aromatic nitrogens is 4. The SMILES string of the molecule is Cc1ccc(NC(=O)Nc2cc(-c3ccccc3-c3nnn[nH]3)ccc2N(CC2CC2)C2CCCCC2)cc1. The van der Waals surface area contributed by atoms with E-state index in [1.165, 1.54) is 44.9 Å². The maximum absolute atomic E-state index is 13.3. The van der Waals surface area contributed by atoms with Gasteiger partial charge < -0.3 is 15.5 Å². The Morgan fingerprint density at radius 2 is 1.69 bits per heavy atom. The molecular weight excluding hydrogens is 486 g/mol. The van der Waals surface area contributed by atoms with Crippen LogP contribution in [-0.4, -0.2) is 39.2 Å². The molecule has 1 aromatic heterocycles. The first-order valence-electron chi connectivity index (χ1n) is 14.0. The average molecular weight is 522 g/mol. The lowest BCUT2D eigenvalue weighted by Crippen LogP contribution is -2.39.